The molecule has 19 heavy (non-hydrogen) atoms. The fourth-order valence-corrected chi connectivity index (χ4v) is 2.52. The number of aromatic nitrogens is 2. The van der Waals surface area contributed by atoms with Gasteiger partial charge in [-0.25, -0.2) is 4.98 Å². The molecule has 1 aromatic heterocycles. The van der Waals surface area contributed by atoms with E-state index in [1.165, 1.54) is 12.8 Å². The third-order valence-electron chi connectivity index (χ3n) is 3.60. The van der Waals surface area contributed by atoms with Crippen molar-refractivity contribution in [2.75, 3.05) is 0 Å². The molecule has 2 aromatic rings. The molecule has 1 aromatic carbocycles. The number of benzene rings is 1. The van der Waals surface area contributed by atoms with Crippen LogP contribution in [0.2, 0.25) is 5.02 Å². The lowest BCUT2D eigenvalue weighted by atomic mass is 10.1. The van der Waals surface area contributed by atoms with Crippen molar-refractivity contribution in [3.63, 3.8) is 0 Å². The summed E-state index contributed by atoms with van der Waals surface area (Å²) in [5.41, 5.74) is 4.21. The maximum atomic E-state index is 6.21. The van der Waals surface area contributed by atoms with Crippen LogP contribution in [0.1, 0.15) is 35.7 Å². The topological polar surface area (TPSA) is 28.7 Å². The smallest absolute Gasteiger partial charge is 0.133 e. The Balaban J connectivity index is 2.17. The van der Waals surface area contributed by atoms with Crippen LogP contribution in [0.4, 0.5) is 0 Å². The average Bonchev–Trinajstić information content (AvgIpc) is 3.20. The van der Waals surface area contributed by atoms with Crippen LogP contribution in [0.15, 0.2) is 18.2 Å². The highest BCUT2D eigenvalue weighted by Crippen LogP contribution is 2.39. The van der Waals surface area contributed by atoms with Crippen molar-refractivity contribution in [1.82, 2.24) is 9.97 Å². The number of nitrogens with one attached hydrogen (secondary N) is 1. The summed E-state index contributed by atoms with van der Waals surface area (Å²) in [5, 5.41) is 0.779. The molecule has 4 heteroatoms. The normalized spacial score (nSPS) is 14.7. The Morgan fingerprint density at radius 1 is 1.32 bits per heavy atom. The molecule has 1 fully saturated rings. The molecule has 2 nitrogen and oxygen atoms in total. The van der Waals surface area contributed by atoms with Crippen molar-refractivity contribution in [3.05, 3.63) is 44.8 Å². The molecule has 0 aliphatic heterocycles. The largest absolute Gasteiger partial charge is 0.343 e. The van der Waals surface area contributed by atoms with E-state index in [0.29, 0.717) is 10.6 Å². The van der Waals surface area contributed by atoms with Crippen LogP contribution >= 0.6 is 23.8 Å². The van der Waals surface area contributed by atoms with Gasteiger partial charge in [0.1, 0.15) is 10.5 Å². The molecule has 0 atom stereocenters. The Bertz CT molecular complexity index is 702. The molecule has 1 heterocycles. The van der Waals surface area contributed by atoms with E-state index in [1.807, 2.05) is 26.0 Å². The predicted octanol–water partition coefficient (Wildman–Crippen LogP) is 4.95. The number of aromatic amines is 1. The first-order chi connectivity index (χ1) is 9.06. The van der Waals surface area contributed by atoms with Crippen molar-refractivity contribution >= 4 is 23.8 Å². The van der Waals surface area contributed by atoms with Gasteiger partial charge in [0.15, 0.2) is 0 Å². The summed E-state index contributed by atoms with van der Waals surface area (Å²) in [7, 11) is 0. The number of H-pyrrole nitrogens is 1. The highest BCUT2D eigenvalue weighted by atomic mass is 35.5. The molecule has 1 saturated carbocycles. The van der Waals surface area contributed by atoms with Crippen LogP contribution in [0, 0.1) is 18.5 Å². The Kier molecular flexibility index (Phi) is 3.19. The summed E-state index contributed by atoms with van der Waals surface area (Å²) < 4.78 is 0.687. The second kappa shape index (κ2) is 4.73. The van der Waals surface area contributed by atoms with Gasteiger partial charge < -0.3 is 4.98 Å². The quantitative estimate of drug-likeness (QED) is 0.793. The summed E-state index contributed by atoms with van der Waals surface area (Å²) in [6.07, 6.45) is 2.41. The van der Waals surface area contributed by atoms with Crippen molar-refractivity contribution in [2.45, 2.75) is 32.6 Å². The van der Waals surface area contributed by atoms with Crippen LogP contribution in [0.3, 0.4) is 0 Å². The van der Waals surface area contributed by atoms with Gasteiger partial charge in [-0.15, -0.1) is 0 Å². The van der Waals surface area contributed by atoms with E-state index in [1.54, 1.807) is 0 Å². The zero-order valence-corrected chi connectivity index (χ0v) is 12.5. The van der Waals surface area contributed by atoms with Crippen molar-refractivity contribution in [3.8, 4) is 11.3 Å². The Labute approximate surface area is 122 Å². The minimum atomic E-state index is 0.557. The summed E-state index contributed by atoms with van der Waals surface area (Å²) in [4.78, 5) is 7.93. The van der Waals surface area contributed by atoms with Crippen molar-refractivity contribution in [1.29, 1.82) is 0 Å². The van der Waals surface area contributed by atoms with Gasteiger partial charge >= 0.3 is 0 Å². The van der Waals surface area contributed by atoms with E-state index in [4.69, 9.17) is 23.8 Å². The van der Waals surface area contributed by atoms with Crippen molar-refractivity contribution in [2.24, 2.45) is 0 Å². The maximum absolute atomic E-state index is 6.21. The third kappa shape index (κ3) is 2.45. The average molecular weight is 291 g/mol. The highest BCUT2D eigenvalue weighted by Gasteiger charge is 2.26. The van der Waals surface area contributed by atoms with Gasteiger partial charge in [-0.2, -0.15) is 0 Å². The number of rotatable bonds is 2. The highest BCUT2D eigenvalue weighted by molar-refractivity contribution is 7.71. The van der Waals surface area contributed by atoms with Gasteiger partial charge in [-0.3, -0.25) is 0 Å². The molecule has 0 amide bonds. The van der Waals surface area contributed by atoms with E-state index >= 15 is 0 Å². The molecule has 0 saturated heterocycles. The predicted molar refractivity (Wildman–Crippen MR) is 81.3 cm³/mol. The molecule has 98 valence electrons. The molecule has 1 N–H and O–H groups in total. The van der Waals surface area contributed by atoms with E-state index in [9.17, 15) is 0 Å². The van der Waals surface area contributed by atoms with Crippen molar-refractivity contribution < 1.29 is 0 Å². The van der Waals surface area contributed by atoms with Gasteiger partial charge in [0.25, 0.3) is 0 Å². The number of halogens is 1. The second-order valence-corrected chi connectivity index (χ2v) is 5.96. The van der Waals surface area contributed by atoms with Gasteiger partial charge in [0.05, 0.1) is 5.69 Å². The lowest BCUT2D eigenvalue weighted by molar-refractivity contribution is 0.914. The Morgan fingerprint density at radius 2 is 2.05 bits per heavy atom. The number of aryl methyl sites for hydroxylation is 1. The molecule has 1 aliphatic rings. The number of hydrogen-bond donors (Lipinski definition) is 1. The summed E-state index contributed by atoms with van der Waals surface area (Å²) in [6.45, 7) is 4.01. The van der Waals surface area contributed by atoms with Crippen LogP contribution in [-0.2, 0) is 0 Å². The summed E-state index contributed by atoms with van der Waals surface area (Å²) >= 11 is 11.6. The molecular weight excluding hydrogens is 276 g/mol. The number of hydrogen-bond acceptors (Lipinski definition) is 2. The Hall–Kier alpha value is -1.19. The first-order valence-corrected chi connectivity index (χ1v) is 7.22. The van der Waals surface area contributed by atoms with E-state index in [0.717, 1.165) is 33.2 Å². The first kappa shape index (κ1) is 12.8. The number of nitrogens with zero attached hydrogens (tertiary/aromatic N) is 1. The fourth-order valence-electron chi connectivity index (χ4n) is 2.14. The maximum Gasteiger partial charge on any atom is 0.133 e. The molecule has 0 spiro atoms. The monoisotopic (exact) mass is 290 g/mol. The van der Waals surface area contributed by atoms with Crippen LogP contribution in [-0.4, -0.2) is 9.97 Å². The van der Waals surface area contributed by atoms with Crippen LogP contribution < -0.4 is 0 Å². The minimum absolute atomic E-state index is 0.557. The SMILES string of the molecule is Cc1ccc(-c2[nH]c(C3CC3)nc(=S)c2C)cc1Cl. The lowest BCUT2D eigenvalue weighted by Gasteiger charge is -2.10. The molecule has 3 rings (SSSR count). The lowest BCUT2D eigenvalue weighted by Crippen LogP contribution is -1.99. The summed E-state index contributed by atoms with van der Waals surface area (Å²) in [5.74, 6) is 1.57. The van der Waals surface area contributed by atoms with Crippen LogP contribution in [0.5, 0.6) is 0 Å². The van der Waals surface area contributed by atoms with E-state index in [-0.39, 0.29) is 0 Å². The molecule has 0 radical (unpaired) electrons. The first-order valence-electron chi connectivity index (χ1n) is 6.43. The van der Waals surface area contributed by atoms with Gasteiger partial charge in [-0.1, -0.05) is 36.0 Å². The van der Waals surface area contributed by atoms with Gasteiger partial charge in [-0.05, 0) is 43.9 Å². The molecule has 1 aliphatic carbocycles. The zero-order valence-electron chi connectivity index (χ0n) is 11.0. The van der Waals surface area contributed by atoms with Crippen LogP contribution in [0.25, 0.3) is 11.3 Å². The van der Waals surface area contributed by atoms with Gasteiger partial charge in [0.2, 0.25) is 0 Å². The molecule has 0 bridgehead atoms. The second-order valence-electron chi connectivity index (χ2n) is 5.17. The van der Waals surface area contributed by atoms with E-state index in [2.05, 4.69) is 16.0 Å². The third-order valence-corrected chi connectivity index (χ3v) is 4.40. The van der Waals surface area contributed by atoms with E-state index < -0.39 is 0 Å². The standard InChI is InChI=1S/C15H15ClN2S/c1-8-3-4-11(7-12(8)16)13-9(2)15(19)18-14(17-13)10-5-6-10/h3-4,7,10H,5-6H2,1-2H3,(H,17,18,19). The van der Waals surface area contributed by atoms with Gasteiger partial charge in [0, 0.05) is 16.5 Å². The summed E-state index contributed by atoms with van der Waals surface area (Å²) in [6, 6.07) is 6.10. The molecular formula is C15H15ClN2S. The molecule has 0 unspecified atom stereocenters. The Morgan fingerprint density at radius 3 is 2.68 bits per heavy atom. The minimum Gasteiger partial charge on any atom is -0.343 e. The zero-order chi connectivity index (χ0) is 13.6. The fraction of sp³-hybridized carbons (Fsp3) is 0.333.